The van der Waals surface area contributed by atoms with Crippen molar-refractivity contribution < 1.29 is 5.11 Å². The van der Waals surface area contributed by atoms with Gasteiger partial charge in [-0.2, -0.15) is 0 Å². The molecule has 4 heterocycles. The molecular weight excluding hydrogens is 262 g/mol. The van der Waals surface area contributed by atoms with Crippen LogP contribution in [0.25, 0.3) is 10.9 Å². The lowest BCUT2D eigenvalue weighted by Crippen LogP contribution is -2.66. The van der Waals surface area contributed by atoms with Gasteiger partial charge in [0.25, 0.3) is 0 Å². The Hall–Kier alpha value is -1.36. The van der Waals surface area contributed by atoms with Crippen LogP contribution >= 0.6 is 0 Å². The van der Waals surface area contributed by atoms with Crippen LogP contribution in [0.3, 0.4) is 0 Å². The Morgan fingerprint density at radius 1 is 1.24 bits per heavy atom. The van der Waals surface area contributed by atoms with Crippen molar-refractivity contribution in [3.63, 3.8) is 0 Å². The Balaban J connectivity index is 1.90. The molecule has 0 bridgehead atoms. The number of aliphatic hydroxyl groups excluding tert-OH is 1. The number of fused-ring (bicyclic) bond motifs is 3. The summed E-state index contributed by atoms with van der Waals surface area (Å²) >= 11 is 0. The van der Waals surface area contributed by atoms with Gasteiger partial charge >= 0.3 is 0 Å². The van der Waals surface area contributed by atoms with E-state index in [0.717, 1.165) is 37.9 Å². The summed E-state index contributed by atoms with van der Waals surface area (Å²) in [4.78, 5) is 2.46. The summed E-state index contributed by atoms with van der Waals surface area (Å²) in [6.07, 6.45) is 3.72. The Kier molecular flexibility index (Phi) is 2.26. The zero-order valence-electron chi connectivity index (χ0n) is 12.1. The fraction of sp³-hybridized carbons (Fsp3) is 0.529. The Labute approximate surface area is 124 Å². The second-order valence-corrected chi connectivity index (χ2v) is 6.83. The minimum Gasteiger partial charge on any atom is -0.373 e. The number of aromatic nitrogens is 1. The molecule has 2 aromatic rings. The largest absolute Gasteiger partial charge is 0.373 e. The number of benzene rings is 1. The zero-order valence-corrected chi connectivity index (χ0v) is 12.1. The normalized spacial score (nSPS) is 35.0. The number of nitrogens with two attached hydrogens (primary N) is 1. The highest BCUT2D eigenvalue weighted by Gasteiger charge is 2.53. The lowest BCUT2D eigenvalue weighted by atomic mass is 9.73. The van der Waals surface area contributed by atoms with Crippen LogP contribution in [0.5, 0.6) is 0 Å². The lowest BCUT2D eigenvalue weighted by Gasteiger charge is -2.55. The first-order chi connectivity index (χ1) is 10.2. The van der Waals surface area contributed by atoms with Gasteiger partial charge < -0.3 is 15.4 Å². The van der Waals surface area contributed by atoms with Crippen LogP contribution in [-0.4, -0.2) is 27.7 Å². The van der Waals surface area contributed by atoms with Gasteiger partial charge in [-0.15, -0.1) is 0 Å². The van der Waals surface area contributed by atoms with Crippen LogP contribution in [0.15, 0.2) is 24.3 Å². The van der Waals surface area contributed by atoms with E-state index in [1.54, 1.807) is 0 Å². The SMILES string of the molecule is N[C@@]12c3c4c5ccccc5n3[C@@H](O)C[C@H]1CCCN2CC4. The molecule has 1 aromatic carbocycles. The highest BCUT2D eigenvalue weighted by Crippen LogP contribution is 2.51. The Bertz CT molecular complexity index is 737. The molecular formula is C17H21N3O. The van der Waals surface area contributed by atoms with Gasteiger partial charge in [0.1, 0.15) is 11.9 Å². The van der Waals surface area contributed by atoms with Crippen LogP contribution < -0.4 is 5.73 Å². The molecule has 0 aliphatic carbocycles. The number of hydrogen-bond donors (Lipinski definition) is 2. The molecule has 3 aliphatic rings. The molecule has 1 fully saturated rings. The van der Waals surface area contributed by atoms with E-state index in [1.807, 2.05) is 0 Å². The molecule has 0 radical (unpaired) electrons. The zero-order chi connectivity index (χ0) is 14.2. The predicted molar refractivity (Wildman–Crippen MR) is 81.7 cm³/mol. The standard InChI is InChI=1S/C17H21N3O/c18-17-11-4-3-8-19(17)9-7-13-12-5-1-2-6-14(12)20(16(13)17)15(21)10-11/h1-2,5-6,11,15,21H,3-4,7-10,18H2/t11-,15+,17+/m1/s1. The van der Waals surface area contributed by atoms with Gasteiger partial charge in [0.2, 0.25) is 0 Å². The predicted octanol–water partition coefficient (Wildman–Crippen LogP) is 1.92. The van der Waals surface area contributed by atoms with E-state index < -0.39 is 6.23 Å². The van der Waals surface area contributed by atoms with E-state index in [2.05, 4.69) is 33.7 Å². The third-order valence-corrected chi connectivity index (χ3v) is 5.95. The van der Waals surface area contributed by atoms with E-state index >= 15 is 0 Å². The van der Waals surface area contributed by atoms with Gasteiger partial charge in [-0.1, -0.05) is 18.2 Å². The first kappa shape index (κ1) is 12.2. The molecule has 110 valence electrons. The Morgan fingerprint density at radius 3 is 3.00 bits per heavy atom. The molecule has 0 spiro atoms. The van der Waals surface area contributed by atoms with E-state index in [-0.39, 0.29) is 5.66 Å². The molecule has 4 nitrogen and oxygen atoms in total. The monoisotopic (exact) mass is 283 g/mol. The third-order valence-electron chi connectivity index (χ3n) is 5.95. The topological polar surface area (TPSA) is 54.4 Å². The summed E-state index contributed by atoms with van der Waals surface area (Å²) in [5.74, 6) is 0.372. The lowest BCUT2D eigenvalue weighted by molar-refractivity contribution is -0.0789. The highest BCUT2D eigenvalue weighted by molar-refractivity contribution is 5.86. The average molecular weight is 283 g/mol. The van der Waals surface area contributed by atoms with Gasteiger partial charge in [0.05, 0.1) is 11.2 Å². The quantitative estimate of drug-likeness (QED) is 0.776. The molecule has 1 aromatic heterocycles. The average Bonchev–Trinajstić information content (AvgIpc) is 2.83. The fourth-order valence-corrected chi connectivity index (χ4v) is 5.07. The van der Waals surface area contributed by atoms with Crippen molar-refractivity contribution in [2.24, 2.45) is 11.7 Å². The summed E-state index contributed by atoms with van der Waals surface area (Å²) in [6, 6.07) is 8.44. The highest BCUT2D eigenvalue weighted by atomic mass is 16.3. The van der Waals surface area contributed by atoms with Crippen molar-refractivity contribution in [2.75, 3.05) is 13.1 Å². The molecule has 4 heteroatoms. The summed E-state index contributed by atoms with van der Waals surface area (Å²) in [5, 5.41) is 12.0. The summed E-state index contributed by atoms with van der Waals surface area (Å²) in [7, 11) is 0. The van der Waals surface area contributed by atoms with Crippen molar-refractivity contribution >= 4 is 10.9 Å². The van der Waals surface area contributed by atoms with Gasteiger partial charge in [-0.05, 0) is 37.3 Å². The number of hydrogen-bond acceptors (Lipinski definition) is 3. The molecule has 1 saturated heterocycles. The Morgan fingerprint density at radius 2 is 2.10 bits per heavy atom. The first-order valence-corrected chi connectivity index (χ1v) is 8.05. The molecule has 3 atom stereocenters. The van der Waals surface area contributed by atoms with Gasteiger partial charge in [0.15, 0.2) is 0 Å². The van der Waals surface area contributed by atoms with Gasteiger partial charge in [0, 0.05) is 24.4 Å². The number of aliphatic hydroxyl groups is 1. The summed E-state index contributed by atoms with van der Waals surface area (Å²) in [6.45, 7) is 2.13. The van der Waals surface area contributed by atoms with E-state index in [1.165, 1.54) is 23.1 Å². The smallest absolute Gasteiger partial charge is 0.131 e. The first-order valence-electron chi connectivity index (χ1n) is 8.05. The number of rotatable bonds is 0. The van der Waals surface area contributed by atoms with Crippen molar-refractivity contribution in [1.29, 1.82) is 0 Å². The number of piperidine rings is 1. The maximum Gasteiger partial charge on any atom is 0.131 e. The number of nitrogens with zero attached hydrogens (tertiary/aromatic N) is 2. The van der Waals surface area contributed by atoms with Crippen LogP contribution in [-0.2, 0) is 12.1 Å². The fourth-order valence-electron chi connectivity index (χ4n) is 5.07. The second kappa shape index (κ2) is 3.88. The summed E-state index contributed by atoms with van der Waals surface area (Å²) in [5.41, 5.74) is 10.3. The van der Waals surface area contributed by atoms with Crippen LogP contribution in [0, 0.1) is 5.92 Å². The van der Waals surface area contributed by atoms with E-state index in [0.29, 0.717) is 5.92 Å². The van der Waals surface area contributed by atoms with Crippen molar-refractivity contribution in [2.45, 2.75) is 37.6 Å². The maximum absolute atomic E-state index is 10.7. The van der Waals surface area contributed by atoms with Gasteiger partial charge in [-0.25, -0.2) is 0 Å². The molecule has 0 saturated carbocycles. The molecule has 0 unspecified atom stereocenters. The van der Waals surface area contributed by atoms with Crippen molar-refractivity contribution in [3.8, 4) is 0 Å². The van der Waals surface area contributed by atoms with Crippen LogP contribution in [0.4, 0.5) is 0 Å². The number of para-hydroxylation sites is 1. The van der Waals surface area contributed by atoms with E-state index in [9.17, 15) is 5.11 Å². The molecule has 21 heavy (non-hydrogen) atoms. The van der Waals surface area contributed by atoms with Crippen molar-refractivity contribution in [3.05, 3.63) is 35.5 Å². The van der Waals surface area contributed by atoms with Gasteiger partial charge in [-0.3, -0.25) is 4.90 Å². The minimum absolute atomic E-state index is 0.371. The maximum atomic E-state index is 10.7. The van der Waals surface area contributed by atoms with Crippen LogP contribution in [0.2, 0.25) is 0 Å². The molecule has 3 N–H and O–H groups in total. The minimum atomic E-state index is -0.432. The van der Waals surface area contributed by atoms with Crippen LogP contribution in [0.1, 0.15) is 36.7 Å². The second-order valence-electron chi connectivity index (χ2n) is 6.83. The molecule has 5 rings (SSSR count). The molecule has 3 aliphatic heterocycles. The third kappa shape index (κ3) is 1.32. The van der Waals surface area contributed by atoms with E-state index in [4.69, 9.17) is 5.73 Å². The van der Waals surface area contributed by atoms with Crippen molar-refractivity contribution in [1.82, 2.24) is 9.47 Å². The molecule has 0 amide bonds. The summed E-state index contributed by atoms with van der Waals surface area (Å²) < 4.78 is 2.12.